The molecule has 1 aliphatic rings. The summed E-state index contributed by atoms with van der Waals surface area (Å²) in [5, 5.41) is 0.940. The number of carbonyl (C=O) groups excluding carboxylic acids is 2. The third-order valence-electron chi connectivity index (χ3n) is 5.19. The zero-order valence-corrected chi connectivity index (χ0v) is 20.4. The summed E-state index contributed by atoms with van der Waals surface area (Å²) < 4.78 is 32.9. The van der Waals surface area contributed by atoms with Gasteiger partial charge in [0.15, 0.2) is 0 Å². The van der Waals surface area contributed by atoms with Crippen molar-refractivity contribution in [2.24, 2.45) is 0 Å². The Kier molecular flexibility index (Phi) is 8.58. The Bertz CT molecular complexity index is 1070. The van der Waals surface area contributed by atoms with Gasteiger partial charge in [-0.1, -0.05) is 35.3 Å². The fourth-order valence-electron chi connectivity index (χ4n) is 3.38. The lowest BCUT2D eigenvalue weighted by atomic mass is 10.2. The Morgan fingerprint density at radius 3 is 1.97 bits per heavy atom. The molecular weight excluding hydrogens is 489 g/mol. The van der Waals surface area contributed by atoms with Crippen molar-refractivity contribution in [3.63, 3.8) is 0 Å². The molecular formula is C22H25Cl2N3O5S. The van der Waals surface area contributed by atoms with Crippen molar-refractivity contribution in [1.82, 2.24) is 14.1 Å². The van der Waals surface area contributed by atoms with E-state index in [0.29, 0.717) is 41.8 Å². The molecule has 0 aromatic heterocycles. The SMILES string of the molecule is CCOC(=O)N1CCN(C(=O)CN(Cc2ccc(Cl)cc2)S(=O)(=O)c2ccc(Cl)cc2)CC1. The maximum Gasteiger partial charge on any atom is 0.409 e. The third-order valence-corrected chi connectivity index (χ3v) is 7.50. The molecule has 1 heterocycles. The maximum atomic E-state index is 13.4. The zero-order valence-electron chi connectivity index (χ0n) is 18.1. The number of sulfonamides is 1. The molecule has 8 nitrogen and oxygen atoms in total. The van der Waals surface area contributed by atoms with Gasteiger partial charge in [-0.3, -0.25) is 4.79 Å². The van der Waals surface area contributed by atoms with Crippen LogP contribution in [0.3, 0.4) is 0 Å². The van der Waals surface area contributed by atoms with Gasteiger partial charge in [0.1, 0.15) is 0 Å². The first-order valence-electron chi connectivity index (χ1n) is 10.4. The number of amides is 2. The van der Waals surface area contributed by atoms with Gasteiger partial charge in [0.05, 0.1) is 18.0 Å². The van der Waals surface area contributed by atoms with Gasteiger partial charge in [-0.15, -0.1) is 0 Å². The Morgan fingerprint density at radius 1 is 0.909 bits per heavy atom. The quantitative estimate of drug-likeness (QED) is 0.565. The summed E-state index contributed by atoms with van der Waals surface area (Å²) in [7, 11) is -3.98. The first kappa shape index (κ1) is 25.3. The Balaban J connectivity index is 1.76. The summed E-state index contributed by atoms with van der Waals surface area (Å²) in [5.74, 6) is -0.343. The monoisotopic (exact) mass is 513 g/mol. The Morgan fingerprint density at radius 2 is 1.42 bits per heavy atom. The van der Waals surface area contributed by atoms with Crippen LogP contribution in [0, 0.1) is 0 Å². The van der Waals surface area contributed by atoms with Gasteiger partial charge in [0, 0.05) is 42.8 Å². The van der Waals surface area contributed by atoms with Gasteiger partial charge in [0.25, 0.3) is 0 Å². The minimum Gasteiger partial charge on any atom is -0.450 e. The second kappa shape index (κ2) is 11.2. The number of halogens is 2. The molecule has 0 unspecified atom stereocenters. The van der Waals surface area contributed by atoms with Crippen LogP contribution in [0.25, 0.3) is 0 Å². The molecule has 0 spiro atoms. The van der Waals surface area contributed by atoms with Crippen LogP contribution < -0.4 is 0 Å². The van der Waals surface area contributed by atoms with Gasteiger partial charge in [-0.25, -0.2) is 13.2 Å². The highest BCUT2D eigenvalue weighted by Crippen LogP contribution is 2.22. The molecule has 2 aromatic carbocycles. The molecule has 0 bridgehead atoms. The fraction of sp³-hybridized carbons (Fsp3) is 0.364. The van der Waals surface area contributed by atoms with E-state index in [1.807, 2.05) is 0 Å². The number of benzene rings is 2. The average Bonchev–Trinajstić information content (AvgIpc) is 2.80. The van der Waals surface area contributed by atoms with Gasteiger partial charge in [-0.05, 0) is 48.9 Å². The lowest BCUT2D eigenvalue weighted by Crippen LogP contribution is -2.53. The van der Waals surface area contributed by atoms with Crippen LogP contribution in [0.2, 0.25) is 10.0 Å². The molecule has 0 radical (unpaired) electrons. The van der Waals surface area contributed by atoms with Crippen molar-refractivity contribution < 1.29 is 22.7 Å². The summed E-state index contributed by atoms with van der Waals surface area (Å²) in [4.78, 5) is 28.0. The van der Waals surface area contributed by atoms with Crippen LogP contribution in [0.1, 0.15) is 12.5 Å². The van der Waals surface area contributed by atoms with E-state index in [9.17, 15) is 18.0 Å². The number of carbonyl (C=O) groups is 2. The minimum atomic E-state index is -3.98. The zero-order chi connectivity index (χ0) is 24.0. The molecule has 2 aromatic rings. The second-order valence-electron chi connectivity index (χ2n) is 7.42. The van der Waals surface area contributed by atoms with Gasteiger partial charge < -0.3 is 14.5 Å². The summed E-state index contributed by atoms with van der Waals surface area (Å²) >= 11 is 11.9. The van der Waals surface area contributed by atoms with Crippen LogP contribution in [-0.4, -0.2) is 73.9 Å². The molecule has 0 saturated carbocycles. The molecule has 2 amide bonds. The first-order valence-corrected chi connectivity index (χ1v) is 12.6. The highest BCUT2D eigenvalue weighted by molar-refractivity contribution is 7.89. The van der Waals surface area contributed by atoms with Gasteiger partial charge in [-0.2, -0.15) is 4.31 Å². The van der Waals surface area contributed by atoms with Crippen molar-refractivity contribution in [2.75, 3.05) is 39.3 Å². The standard InChI is InChI=1S/C22H25Cl2N3O5S/c1-2-32-22(29)26-13-11-25(12-14-26)21(28)16-27(15-17-3-5-18(23)6-4-17)33(30,31)20-9-7-19(24)8-10-20/h3-10H,2,11-16H2,1H3. The summed E-state index contributed by atoms with van der Waals surface area (Å²) in [6.07, 6.45) is -0.417. The Labute approximate surface area is 203 Å². The number of rotatable bonds is 7. The van der Waals surface area contributed by atoms with Crippen molar-refractivity contribution in [3.8, 4) is 0 Å². The van der Waals surface area contributed by atoms with Crippen molar-refractivity contribution >= 4 is 45.2 Å². The van der Waals surface area contributed by atoms with E-state index in [4.69, 9.17) is 27.9 Å². The average molecular weight is 514 g/mol. The van der Waals surface area contributed by atoms with Crippen molar-refractivity contribution in [2.45, 2.75) is 18.4 Å². The summed E-state index contributed by atoms with van der Waals surface area (Å²) in [6.45, 7) is 2.91. The normalized spacial score (nSPS) is 14.4. The number of ether oxygens (including phenoxy) is 1. The molecule has 0 aliphatic carbocycles. The summed E-state index contributed by atoms with van der Waals surface area (Å²) in [6, 6.07) is 12.6. The lowest BCUT2D eigenvalue weighted by molar-refractivity contribution is -0.133. The lowest BCUT2D eigenvalue weighted by Gasteiger charge is -2.35. The predicted molar refractivity (Wildman–Crippen MR) is 126 cm³/mol. The van der Waals surface area contributed by atoms with Crippen molar-refractivity contribution in [3.05, 3.63) is 64.1 Å². The molecule has 3 rings (SSSR count). The van der Waals surface area contributed by atoms with Crippen LogP contribution in [-0.2, 0) is 26.1 Å². The Hall–Kier alpha value is -2.33. The smallest absolute Gasteiger partial charge is 0.409 e. The molecule has 1 saturated heterocycles. The van der Waals surface area contributed by atoms with Gasteiger partial charge >= 0.3 is 6.09 Å². The van der Waals surface area contributed by atoms with E-state index >= 15 is 0 Å². The minimum absolute atomic E-state index is 0.00331. The number of piperazine rings is 1. The van der Waals surface area contributed by atoms with E-state index in [1.54, 1.807) is 36.1 Å². The third kappa shape index (κ3) is 6.60. The number of hydrogen-bond acceptors (Lipinski definition) is 5. The van der Waals surface area contributed by atoms with E-state index in [-0.39, 0.29) is 30.5 Å². The molecule has 1 fully saturated rings. The van der Waals surface area contributed by atoms with Crippen LogP contribution in [0.15, 0.2) is 53.4 Å². The van der Waals surface area contributed by atoms with Gasteiger partial charge in [0.2, 0.25) is 15.9 Å². The number of nitrogens with zero attached hydrogens (tertiary/aromatic N) is 3. The number of hydrogen-bond donors (Lipinski definition) is 0. The summed E-state index contributed by atoms with van der Waals surface area (Å²) in [5.41, 5.74) is 0.692. The highest BCUT2D eigenvalue weighted by atomic mass is 35.5. The molecule has 0 atom stereocenters. The molecule has 178 valence electrons. The van der Waals surface area contributed by atoms with Crippen LogP contribution in [0.5, 0.6) is 0 Å². The van der Waals surface area contributed by atoms with E-state index in [0.717, 1.165) is 4.31 Å². The maximum absolute atomic E-state index is 13.4. The van der Waals surface area contributed by atoms with Crippen molar-refractivity contribution in [1.29, 1.82) is 0 Å². The second-order valence-corrected chi connectivity index (χ2v) is 10.2. The largest absolute Gasteiger partial charge is 0.450 e. The molecule has 33 heavy (non-hydrogen) atoms. The van der Waals surface area contributed by atoms with E-state index in [2.05, 4.69) is 0 Å². The van der Waals surface area contributed by atoms with Crippen LogP contribution >= 0.6 is 23.2 Å². The molecule has 1 aliphatic heterocycles. The topological polar surface area (TPSA) is 87.2 Å². The van der Waals surface area contributed by atoms with E-state index < -0.39 is 16.1 Å². The van der Waals surface area contributed by atoms with E-state index in [1.165, 1.54) is 29.2 Å². The first-order chi connectivity index (χ1) is 15.7. The molecule has 0 N–H and O–H groups in total. The predicted octanol–water partition coefficient (Wildman–Crippen LogP) is 3.49. The highest BCUT2D eigenvalue weighted by Gasteiger charge is 2.31. The fourth-order valence-corrected chi connectivity index (χ4v) is 5.01. The molecule has 11 heteroatoms. The van der Waals surface area contributed by atoms with Crippen LogP contribution in [0.4, 0.5) is 4.79 Å².